The van der Waals surface area contributed by atoms with E-state index in [1.54, 1.807) is 34.6 Å². The molecule has 0 aliphatic carbocycles. The molecule has 0 unspecified atom stereocenters. The molecular formula is C19H20N2O2S2. The van der Waals surface area contributed by atoms with Gasteiger partial charge >= 0.3 is 0 Å². The van der Waals surface area contributed by atoms with Crippen LogP contribution in [0.4, 0.5) is 0 Å². The lowest BCUT2D eigenvalue weighted by atomic mass is 10.2. The number of thiophene rings is 1. The number of aromatic nitrogens is 1. The van der Waals surface area contributed by atoms with Crippen LogP contribution in [0.1, 0.15) is 11.8 Å². The smallest absolute Gasteiger partial charge is 0.227 e. The number of aliphatic hydroxyl groups excluding tert-OH is 1. The summed E-state index contributed by atoms with van der Waals surface area (Å²) in [4.78, 5) is 21.0. The van der Waals surface area contributed by atoms with Gasteiger partial charge in [-0.3, -0.25) is 4.79 Å². The van der Waals surface area contributed by atoms with Crippen LogP contribution in [0, 0.1) is 0 Å². The van der Waals surface area contributed by atoms with Gasteiger partial charge in [-0.2, -0.15) is 0 Å². The zero-order valence-corrected chi connectivity index (χ0v) is 15.8. The molecule has 1 N–H and O–H groups in total. The first-order valence-electron chi connectivity index (χ1n) is 8.05. The third-order valence-corrected chi connectivity index (χ3v) is 6.08. The minimum atomic E-state index is -0.195. The molecule has 3 rings (SSSR count). The van der Waals surface area contributed by atoms with Crippen molar-refractivity contribution in [3.8, 4) is 21.1 Å². The van der Waals surface area contributed by atoms with Gasteiger partial charge in [0.1, 0.15) is 5.01 Å². The number of likely N-dealkylation sites (N-methyl/N-ethyl adjacent to an activating group) is 1. The molecule has 0 spiro atoms. The zero-order valence-electron chi connectivity index (χ0n) is 14.2. The van der Waals surface area contributed by atoms with Crippen LogP contribution >= 0.6 is 22.7 Å². The number of carbonyl (C=O) groups is 1. The maximum atomic E-state index is 12.6. The summed E-state index contributed by atoms with van der Waals surface area (Å²) in [5, 5.41) is 12.2. The quantitative estimate of drug-likeness (QED) is 0.713. The van der Waals surface area contributed by atoms with E-state index in [0.29, 0.717) is 6.42 Å². The second kappa shape index (κ2) is 7.91. The number of rotatable bonds is 6. The van der Waals surface area contributed by atoms with E-state index in [1.165, 1.54) is 0 Å². The van der Waals surface area contributed by atoms with Gasteiger partial charge in [-0.1, -0.05) is 36.4 Å². The van der Waals surface area contributed by atoms with Crippen LogP contribution < -0.4 is 0 Å². The average molecular weight is 373 g/mol. The molecule has 6 heteroatoms. The lowest BCUT2D eigenvalue weighted by Gasteiger charge is -2.22. The van der Waals surface area contributed by atoms with E-state index < -0.39 is 0 Å². The predicted molar refractivity (Wildman–Crippen MR) is 104 cm³/mol. The fourth-order valence-corrected chi connectivity index (χ4v) is 4.29. The highest BCUT2D eigenvalue weighted by molar-refractivity contribution is 7.17. The third-order valence-electron chi connectivity index (χ3n) is 4.10. The third kappa shape index (κ3) is 3.98. The van der Waals surface area contributed by atoms with E-state index in [2.05, 4.69) is 0 Å². The number of carbonyl (C=O) groups excluding carboxylic acids is 1. The van der Waals surface area contributed by atoms with Crippen LogP contribution in [0.3, 0.4) is 0 Å². The molecule has 2 heterocycles. The standard InChI is InChI=1S/C19H20N2O2S2/c1-13(12-22)21(2)17(23)11-16-18(15-9-6-10-24-15)20-19(25-16)14-7-4-3-5-8-14/h3-10,13,22H,11-12H2,1-2H3/t13-/m1/s1. The number of benzene rings is 1. The number of nitrogens with zero attached hydrogens (tertiary/aromatic N) is 2. The van der Waals surface area contributed by atoms with Gasteiger partial charge < -0.3 is 10.0 Å². The number of amides is 1. The summed E-state index contributed by atoms with van der Waals surface area (Å²) in [6.45, 7) is 1.79. The van der Waals surface area contributed by atoms with Gasteiger partial charge in [-0.05, 0) is 18.4 Å². The molecule has 4 nitrogen and oxygen atoms in total. The fourth-order valence-electron chi connectivity index (χ4n) is 2.41. The monoisotopic (exact) mass is 372 g/mol. The Morgan fingerprint density at radius 2 is 2.00 bits per heavy atom. The molecule has 0 saturated heterocycles. The van der Waals surface area contributed by atoms with Crippen LogP contribution in [0.25, 0.3) is 21.1 Å². The van der Waals surface area contributed by atoms with Crippen LogP contribution in [0.2, 0.25) is 0 Å². The van der Waals surface area contributed by atoms with Crippen molar-refractivity contribution >= 4 is 28.6 Å². The van der Waals surface area contributed by atoms with Gasteiger partial charge in [0.15, 0.2) is 0 Å². The molecule has 0 radical (unpaired) electrons. The van der Waals surface area contributed by atoms with Crippen molar-refractivity contribution in [3.05, 3.63) is 52.7 Å². The van der Waals surface area contributed by atoms with Gasteiger partial charge in [0.05, 0.1) is 29.6 Å². The normalized spacial score (nSPS) is 12.1. The highest BCUT2D eigenvalue weighted by atomic mass is 32.1. The number of thiazole rings is 1. The van der Waals surface area contributed by atoms with Crippen molar-refractivity contribution in [2.24, 2.45) is 0 Å². The lowest BCUT2D eigenvalue weighted by molar-refractivity contribution is -0.131. The first-order chi connectivity index (χ1) is 12.1. The van der Waals surface area contributed by atoms with Crippen molar-refractivity contribution in [1.29, 1.82) is 0 Å². The van der Waals surface area contributed by atoms with Gasteiger partial charge in [-0.25, -0.2) is 4.98 Å². The molecule has 0 aliphatic rings. The number of hydrogen-bond acceptors (Lipinski definition) is 5. The Balaban J connectivity index is 1.94. The van der Waals surface area contributed by atoms with Crippen molar-refractivity contribution in [2.45, 2.75) is 19.4 Å². The Labute approximate surface area is 155 Å². The summed E-state index contributed by atoms with van der Waals surface area (Å²) in [6.07, 6.45) is 0.290. The van der Waals surface area contributed by atoms with E-state index in [4.69, 9.17) is 4.98 Å². The van der Waals surface area contributed by atoms with Crippen LogP contribution in [-0.4, -0.2) is 40.6 Å². The largest absolute Gasteiger partial charge is 0.394 e. The molecule has 3 aromatic rings. The second-order valence-corrected chi connectivity index (χ2v) is 7.88. The van der Waals surface area contributed by atoms with E-state index in [0.717, 1.165) is 26.0 Å². The van der Waals surface area contributed by atoms with Crippen molar-refractivity contribution in [3.63, 3.8) is 0 Å². The van der Waals surface area contributed by atoms with Gasteiger partial charge in [0, 0.05) is 17.5 Å². The summed E-state index contributed by atoms with van der Waals surface area (Å²) in [7, 11) is 1.73. The number of aliphatic hydroxyl groups is 1. The Morgan fingerprint density at radius 3 is 2.64 bits per heavy atom. The maximum Gasteiger partial charge on any atom is 0.227 e. The Hall–Kier alpha value is -2.02. The minimum Gasteiger partial charge on any atom is -0.394 e. The van der Waals surface area contributed by atoms with Gasteiger partial charge in [0.2, 0.25) is 5.91 Å². The molecule has 25 heavy (non-hydrogen) atoms. The Morgan fingerprint density at radius 1 is 1.24 bits per heavy atom. The molecule has 1 atom stereocenters. The van der Waals surface area contributed by atoms with E-state index in [-0.39, 0.29) is 18.6 Å². The average Bonchev–Trinajstić information content (AvgIpc) is 3.30. The molecule has 1 amide bonds. The Kier molecular flexibility index (Phi) is 5.63. The second-order valence-electron chi connectivity index (χ2n) is 5.85. The lowest BCUT2D eigenvalue weighted by Crippen LogP contribution is -2.38. The van der Waals surface area contributed by atoms with Crippen LogP contribution in [-0.2, 0) is 11.2 Å². The topological polar surface area (TPSA) is 53.4 Å². The van der Waals surface area contributed by atoms with Crippen LogP contribution in [0.15, 0.2) is 47.8 Å². The summed E-state index contributed by atoms with van der Waals surface area (Å²) in [6, 6.07) is 13.8. The summed E-state index contributed by atoms with van der Waals surface area (Å²) >= 11 is 3.19. The molecule has 0 saturated carbocycles. The molecule has 0 aliphatic heterocycles. The minimum absolute atomic E-state index is 0.0115. The molecule has 0 bridgehead atoms. The first-order valence-corrected chi connectivity index (χ1v) is 9.75. The van der Waals surface area contributed by atoms with Crippen LogP contribution in [0.5, 0.6) is 0 Å². The molecule has 1 aromatic carbocycles. The molecule has 2 aromatic heterocycles. The summed E-state index contributed by atoms with van der Waals surface area (Å²) < 4.78 is 0. The predicted octanol–water partition coefficient (Wildman–Crippen LogP) is 3.92. The molecule has 0 fully saturated rings. The van der Waals surface area contributed by atoms with Gasteiger partial charge in [-0.15, -0.1) is 22.7 Å². The van der Waals surface area contributed by atoms with Crippen molar-refractivity contribution < 1.29 is 9.90 Å². The molecule has 130 valence electrons. The summed E-state index contributed by atoms with van der Waals surface area (Å²) in [5.41, 5.74) is 1.94. The zero-order chi connectivity index (χ0) is 17.8. The Bertz CT molecular complexity index is 828. The SMILES string of the molecule is C[C@H](CO)N(C)C(=O)Cc1sc(-c2ccccc2)nc1-c1cccs1. The highest BCUT2D eigenvalue weighted by Gasteiger charge is 2.21. The summed E-state index contributed by atoms with van der Waals surface area (Å²) in [5.74, 6) is -0.0115. The van der Waals surface area contributed by atoms with E-state index in [1.807, 2.05) is 54.8 Å². The number of hydrogen-bond donors (Lipinski definition) is 1. The maximum absolute atomic E-state index is 12.6. The fraction of sp³-hybridized carbons (Fsp3) is 0.263. The van der Waals surface area contributed by atoms with E-state index >= 15 is 0 Å². The molecular weight excluding hydrogens is 352 g/mol. The highest BCUT2D eigenvalue weighted by Crippen LogP contribution is 2.36. The van der Waals surface area contributed by atoms with Crippen molar-refractivity contribution in [1.82, 2.24) is 9.88 Å². The van der Waals surface area contributed by atoms with Gasteiger partial charge in [0.25, 0.3) is 0 Å². The van der Waals surface area contributed by atoms with Crippen molar-refractivity contribution in [2.75, 3.05) is 13.7 Å². The first kappa shape index (κ1) is 17.8. The van der Waals surface area contributed by atoms with E-state index in [9.17, 15) is 9.90 Å².